The average molecular weight is 458 g/mol. The number of methoxy groups -OCH3 is 2. The van der Waals surface area contributed by atoms with Crippen molar-refractivity contribution in [2.45, 2.75) is 20.3 Å². The lowest BCUT2D eigenvalue weighted by atomic mass is 10.1. The number of aryl methyl sites for hydroxylation is 1. The minimum atomic E-state index is -0.126. The third-order valence-corrected chi connectivity index (χ3v) is 5.49. The van der Waals surface area contributed by atoms with Gasteiger partial charge in [0.25, 0.3) is 5.91 Å². The number of hydrogen-bond acceptors (Lipinski definition) is 4. The van der Waals surface area contributed by atoms with Gasteiger partial charge in [-0.05, 0) is 50.1 Å². The summed E-state index contributed by atoms with van der Waals surface area (Å²) in [6.45, 7) is 4.25. The van der Waals surface area contributed by atoms with Crippen LogP contribution in [0.2, 0.25) is 0 Å². The number of nitrogens with one attached hydrogen (secondary N) is 1. The summed E-state index contributed by atoms with van der Waals surface area (Å²) in [4.78, 5) is 12.8. The van der Waals surface area contributed by atoms with Gasteiger partial charge in [-0.2, -0.15) is 5.10 Å². The number of hydrogen-bond donors (Lipinski definition) is 1. The van der Waals surface area contributed by atoms with E-state index in [1.54, 1.807) is 18.9 Å². The minimum absolute atomic E-state index is 0.126. The Morgan fingerprint density at radius 3 is 2.41 bits per heavy atom. The van der Waals surface area contributed by atoms with Gasteiger partial charge in [-0.3, -0.25) is 4.79 Å². The molecule has 0 bridgehead atoms. The van der Waals surface area contributed by atoms with E-state index in [1.807, 2.05) is 56.3 Å². The Balaban J connectivity index is 1.72. The second-order valence-electron chi connectivity index (χ2n) is 6.60. The molecule has 0 aliphatic carbocycles. The van der Waals surface area contributed by atoms with Crippen molar-refractivity contribution in [1.82, 2.24) is 15.1 Å². The number of benzene rings is 2. The first-order chi connectivity index (χ1) is 14.0. The van der Waals surface area contributed by atoms with Crippen LogP contribution in [0.4, 0.5) is 0 Å². The summed E-state index contributed by atoms with van der Waals surface area (Å²) in [5.41, 5.74) is 4.09. The summed E-state index contributed by atoms with van der Waals surface area (Å²) in [6.07, 6.45) is 0.650. The quantitative estimate of drug-likeness (QED) is 0.575. The van der Waals surface area contributed by atoms with Crippen LogP contribution in [0.25, 0.3) is 5.69 Å². The summed E-state index contributed by atoms with van der Waals surface area (Å²) in [5, 5.41) is 7.54. The molecule has 0 saturated heterocycles. The Morgan fingerprint density at radius 1 is 1.10 bits per heavy atom. The van der Waals surface area contributed by atoms with Crippen molar-refractivity contribution in [2.75, 3.05) is 20.8 Å². The molecule has 1 N–H and O–H groups in total. The Hall–Kier alpha value is -2.80. The molecular formula is C22H24BrN3O3. The standard InChI is InChI=1S/C22H24BrN3O3/c1-14-21(15(2)26(25-14)17-8-6-5-7-9-17)22(27)24-11-10-16-12-19(28-3)20(29-4)13-18(16)23/h5-9,12-13H,10-11H2,1-4H3,(H,24,27). The summed E-state index contributed by atoms with van der Waals surface area (Å²) < 4.78 is 13.4. The van der Waals surface area contributed by atoms with E-state index < -0.39 is 0 Å². The van der Waals surface area contributed by atoms with Crippen molar-refractivity contribution in [3.8, 4) is 17.2 Å². The highest BCUT2D eigenvalue weighted by atomic mass is 79.9. The second kappa shape index (κ2) is 9.13. The van der Waals surface area contributed by atoms with Crippen molar-refractivity contribution >= 4 is 21.8 Å². The molecule has 3 aromatic rings. The van der Waals surface area contributed by atoms with Crippen LogP contribution in [-0.4, -0.2) is 36.5 Å². The summed E-state index contributed by atoms with van der Waals surface area (Å²) in [5.74, 6) is 1.19. The van der Waals surface area contributed by atoms with E-state index in [4.69, 9.17) is 9.47 Å². The zero-order valence-corrected chi connectivity index (χ0v) is 18.5. The van der Waals surface area contributed by atoms with Crippen LogP contribution in [0.3, 0.4) is 0 Å². The van der Waals surface area contributed by atoms with Crippen molar-refractivity contribution in [2.24, 2.45) is 0 Å². The van der Waals surface area contributed by atoms with E-state index in [1.165, 1.54) is 0 Å². The second-order valence-corrected chi connectivity index (χ2v) is 7.45. The molecule has 0 fully saturated rings. The molecule has 0 saturated carbocycles. The zero-order valence-electron chi connectivity index (χ0n) is 17.0. The lowest BCUT2D eigenvalue weighted by Crippen LogP contribution is -2.26. The maximum Gasteiger partial charge on any atom is 0.255 e. The van der Waals surface area contributed by atoms with Gasteiger partial charge in [0, 0.05) is 11.0 Å². The molecule has 0 unspecified atom stereocenters. The molecular weight excluding hydrogens is 434 g/mol. The average Bonchev–Trinajstić information content (AvgIpc) is 3.03. The fourth-order valence-corrected chi connectivity index (χ4v) is 3.80. The maximum absolute atomic E-state index is 12.8. The van der Waals surface area contributed by atoms with Gasteiger partial charge in [-0.25, -0.2) is 4.68 Å². The molecule has 0 spiro atoms. The Morgan fingerprint density at radius 2 is 1.76 bits per heavy atom. The first-order valence-electron chi connectivity index (χ1n) is 9.26. The minimum Gasteiger partial charge on any atom is -0.493 e. The van der Waals surface area contributed by atoms with E-state index in [9.17, 15) is 4.79 Å². The Labute approximate surface area is 179 Å². The molecule has 0 radical (unpaired) electrons. The zero-order chi connectivity index (χ0) is 21.0. The maximum atomic E-state index is 12.8. The number of carbonyl (C=O) groups excluding carboxylic acids is 1. The summed E-state index contributed by atoms with van der Waals surface area (Å²) in [6, 6.07) is 13.6. The van der Waals surface area contributed by atoms with Crippen molar-refractivity contribution in [1.29, 1.82) is 0 Å². The largest absolute Gasteiger partial charge is 0.493 e. The van der Waals surface area contributed by atoms with Gasteiger partial charge >= 0.3 is 0 Å². The topological polar surface area (TPSA) is 65.4 Å². The van der Waals surface area contributed by atoms with Gasteiger partial charge in [-0.1, -0.05) is 34.1 Å². The van der Waals surface area contributed by atoms with Crippen LogP contribution in [-0.2, 0) is 6.42 Å². The fraction of sp³-hybridized carbons (Fsp3) is 0.273. The van der Waals surface area contributed by atoms with E-state index in [0.29, 0.717) is 35.7 Å². The number of carbonyl (C=O) groups is 1. The van der Waals surface area contributed by atoms with Gasteiger partial charge < -0.3 is 14.8 Å². The van der Waals surface area contributed by atoms with Gasteiger partial charge in [0.2, 0.25) is 0 Å². The predicted octanol–water partition coefficient (Wildman–Crippen LogP) is 4.24. The molecule has 0 aliphatic rings. The number of amides is 1. The highest BCUT2D eigenvalue weighted by Gasteiger charge is 2.19. The van der Waals surface area contributed by atoms with E-state index in [-0.39, 0.29) is 5.91 Å². The van der Waals surface area contributed by atoms with Crippen LogP contribution < -0.4 is 14.8 Å². The van der Waals surface area contributed by atoms with Crippen LogP contribution in [0.15, 0.2) is 46.9 Å². The van der Waals surface area contributed by atoms with Gasteiger partial charge in [-0.15, -0.1) is 0 Å². The number of rotatable bonds is 7. The van der Waals surface area contributed by atoms with Crippen LogP contribution >= 0.6 is 15.9 Å². The highest BCUT2D eigenvalue weighted by molar-refractivity contribution is 9.10. The number of aromatic nitrogens is 2. The molecule has 29 heavy (non-hydrogen) atoms. The Kier molecular flexibility index (Phi) is 6.59. The smallest absolute Gasteiger partial charge is 0.255 e. The normalized spacial score (nSPS) is 10.7. The Bertz CT molecular complexity index is 1020. The first kappa shape index (κ1) is 20.9. The van der Waals surface area contributed by atoms with Crippen LogP contribution in [0.1, 0.15) is 27.3 Å². The number of halogens is 1. The fourth-order valence-electron chi connectivity index (χ4n) is 3.28. The number of ether oxygens (including phenoxy) is 2. The monoisotopic (exact) mass is 457 g/mol. The molecule has 1 aromatic heterocycles. The van der Waals surface area contributed by atoms with E-state index >= 15 is 0 Å². The van der Waals surface area contributed by atoms with Crippen molar-refractivity contribution < 1.29 is 14.3 Å². The summed E-state index contributed by atoms with van der Waals surface area (Å²) in [7, 11) is 3.21. The van der Waals surface area contributed by atoms with Gasteiger partial charge in [0.1, 0.15) is 0 Å². The molecule has 6 nitrogen and oxygen atoms in total. The third-order valence-electron chi connectivity index (χ3n) is 4.75. The van der Waals surface area contributed by atoms with Crippen LogP contribution in [0, 0.1) is 13.8 Å². The molecule has 0 aliphatic heterocycles. The molecule has 0 atom stereocenters. The lowest BCUT2D eigenvalue weighted by Gasteiger charge is -2.12. The number of nitrogens with zero attached hydrogens (tertiary/aromatic N) is 2. The predicted molar refractivity (Wildman–Crippen MR) is 116 cm³/mol. The molecule has 1 amide bonds. The van der Waals surface area contributed by atoms with Crippen molar-refractivity contribution in [3.05, 3.63) is 69.5 Å². The summed E-state index contributed by atoms with van der Waals surface area (Å²) >= 11 is 3.55. The molecule has 7 heteroatoms. The molecule has 152 valence electrons. The molecule has 2 aromatic carbocycles. The van der Waals surface area contributed by atoms with Crippen LogP contribution in [0.5, 0.6) is 11.5 Å². The molecule has 3 rings (SSSR count). The van der Waals surface area contributed by atoms with E-state index in [2.05, 4.69) is 26.3 Å². The SMILES string of the molecule is COc1cc(Br)c(CCNC(=O)c2c(C)nn(-c3ccccc3)c2C)cc1OC. The lowest BCUT2D eigenvalue weighted by molar-refractivity contribution is 0.0953. The van der Waals surface area contributed by atoms with Gasteiger partial charge in [0.15, 0.2) is 11.5 Å². The number of para-hydroxylation sites is 1. The van der Waals surface area contributed by atoms with Crippen molar-refractivity contribution in [3.63, 3.8) is 0 Å². The van der Waals surface area contributed by atoms with E-state index in [0.717, 1.165) is 21.4 Å². The molecule has 1 heterocycles. The third kappa shape index (κ3) is 4.45. The highest BCUT2D eigenvalue weighted by Crippen LogP contribution is 2.33. The van der Waals surface area contributed by atoms with Gasteiger partial charge in [0.05, 0.1) is 36.9 Å². The first-order valence-corrected chi connectivity index (χ1v) is 10.1.